The van der Waals surface area contributed by atoms with Gasteiger partial charge in [-0.05, 0) is 53.0 Å². The van der Waals surface area contributed by atoms with Crippen LogP contribution in [-0.2, 0) is 6.61 Å². The number of ether oxygens (including phenoxy) is 2. The molecule has 0 bridgehead atoms. The van der Waals surface area contributed by atoms with E-state index in [1.54, 1.807) is 13.4 Å². The molecule has 4 aromatic rings. The molecule has 2 heterocycles. The minimum atomic E-state index is 0.423. The third-order valence-electron chi connectivity index (χ3n) is 4.82. The van der Waals surface area contributed by atoms with Crippen LogP contribution < -0.4 is 14.8 Å². The van der Waals surface area contributed by atoms with Crippen LogP contribution in [0.1, 0.15) is 16.7 Å². The van der Waals surface area contributed by atoms with E-state index in [9.17, 15) is 0 Å². The predicted molar refractivity (Wildman–Crippen MR) is 118 cm³/mol. The molecule has 5 nitrogen and oxygen atoms in total. The lowest BCUT2D eigenvalue weighted by Crippen LogP contribution is -2.04. The van der Waals surface area contributed by atoms with Gasteiger partial charge in [-0.25, -0.2) is 0 Å². The van der Waals surface area contributed by atoms with Crippen LogP contribution in [0.4, 0.5) is 11.5 Å². The Kier molecular flexibility index (Phi) is 5.45. The summed E-state index contributed by atoms with van der Waals surface area (Å²) in [5.74, 6) is 1.95. The molecule has 148 valence electrons. The van der Waals surface area contributed by atoms with Crippen molar-refractivity contribution < 1.29 is 13.9 Å². The van der Waals surface area contributed by atoms with E-state index >= 15 is 0 Å². The van der Waals surface area contributed by atoms with Gasteiger partial charge < -0.3 is 19.2 Å². The maximum Gasteiger partial charge on any atom is 0.227 e. The maximum absolute atomic E-state index is 6.05. The minimum absolute atomic E-state index is 0.423. The fraction of sp³-hybridized carbons (Fsp3) is 0.174. The highest BCUT2D eigenvalue weighted by molar-refractivity contribution is 9.10. The second-order valence-electron chi connectivity index (χ2n) is 6.73. The number of methoxy groups -OCH3 is 1. The van der Waals surface area contributed by atoms with Crippen LogP contribution >= 0.6 is 15.9 Å². The van der Waals surface area contributed by atoms with Gasteiger partial charge in [0.25, 0.3) is 0 Å². The largest absolute Gasteiger partial charge is 0.496 e. The zero-order valence-electron chi connectivity index (χ0n) is 16.5. The molecule has 0 aliphatic rings. The van der Waals surface area contributed by atoms with Gasteiger partial charge in [0.1, 0.15) is 16.8 Å². The van der Waals surface area contributed by atoms with Gasteiger partial charge in [0.05, 0.1) is 18.8 Å². The number of hydrogen-bond donors (Lipinski definition) is 1. The first-order valence-electron chi connectivity index (χ1n) is 9.23. The molecule has 0 atom stereocenters. The summed E-state index contributed by atoms with van der Waals surface area (Å²) >= 11 is 3.63. The second kappa shape index (κ2) is 8.17. The number of fused-ring (bicyclic) bond motifs is 1. The van der Waals surface area contributed by atoms with Crippen LogP contribution in [0.25, 0.3) is 11.0 Å². The Morgan fingerprint density at radius 3 is 2.62 bits per heavy atom. The first-order chi connectivity index (χ1) is 14.1. The molecule has 0 saturated carbocycles. The van der Waals surface area contributed by atoms with Gasteiger partial charge in [0, 0.05) is 11.3 Å². The number of hydrogen-bond acceptors (Lipinski definition) is 5. The number of pyridine rings is 1. The van der Waals surface area contributed by atoms with Crippen LogP contribution in [0.15, 0.2) is 63.7 Å². The van der Waals surface area contributed by atoms with Gasteiger partial charge in [-0.2, -0.15) is 4.98 Å². The summed E-state index contributed by atoms with van der Waals surface area (Å²) in [6.07, 6.45) is 1.64. The molecule has 0 fully saturated rings. The molecule has 29 heavy (non-hydrogen) atoms. The van der Waals surface area contributed by atoms with Crippen molar-refractivity contribution in [3.05, 3.63) is 76.0 Å². The first-order valence-corrected chi connectivity index (χ1v) is 10.0. The van der Waals surface area contributed by atoms with Crippen molar-refractivity contribution in [2.45, 2.75) is 20.5 Å². The van der Waals surface area contributed by atoms with E-state index in [4.69, 9.17) is 18.9 Å². The highest BCUT2D eigenvalue weighted by Crippen LogP contribution is 2.39. The highest BCUT2D eigenvalue weighted by Gasteiger charge is 2.18. The number of benzene rings is 2. The van der Waals surface area contributed by atoms with Crippen LogP contribution in [0, 0.1) is 13.8 Å². The normalized spacial score (nSPS) is 10.9. The lowest BCUT2D eigenvalue weighted by Gasteiger charge is -2.17. The molecule has 0 radical (unpaired) electrons. The molecule has 0 aliphatic carbocycles. The number of aryl methyl sites for hydroxylation is 1. The van der Waals surface area contributed by atoms with E-state index in [2.05, 4.69) is 21.2 Å². The molecule has 2 aromatic carbocycles. The Hall–Kier alpha value is -2.99. The van der Waals surface area contributed by atoms with Crippen molar-refractivity contribution in [1.82, 2.24) is 4.98 Å². The Balaban J connectivity index is 1.73. The summed E-state index contributed by atoms with van der Waals surface area (Å²) in [6.45, 7) is 4.48. The number of halogens is 1. The third-order valence-corrected chi connectivity index (χ3v) is 5.56. The molecule has 1 N–H and O–H groups in total. The zero-order chi connectivity index (χ0) is 20.4. The molecule has 0 aliphatic heterocycles. The van der Waals surface area contributed by atoms with Crippen LogP contribution in [0.2, 0.25) is 0 Å². The van der Waals surface area contributed by atoms with Crippen molar-refractivity contribution in [2.24, 2.45) is 0 Å². The molecule has 0 amide bonds. The third kappa shape index (κ3) is 3.80. The molecule has 6 heteroatoms. The van der Waals surface area contributed by atoms with E-state index in [1.807, 2.05) is 62.4 Å². The van der Waals surface area contributed by atoms with Crippen LogP contribution in [0.3, 0.4) is 0 Å². The van der Waals surface area contributed by atoms with E-state index in [0.29, 0.717) is 23.9 Å². The molecule has 0 unspecified atom stereocenters. The fourth-order valence-electron chi connectivity index (χ4n) is 3.24. The number of anilines is 2. The Bertz CT molecular complexity index is 1160. The lowest BCUT2D eigenvalue weighted by molar-refractivity contribution is 0.298. The number of aromatic nitrogens is 1. The predicted octanol–water partition coefficient (Wildman–Crippen LogP) is 6.54. The number of rotatable bonds is 6. The van der Waals surface area contributed by atoms with Gasteiger partial charge in [-0.1, -0.05) is 36.4 Å². The standard InChI is InChI=1S/C23H21BrN2O3/c1-14-9-10-18(27-3)15(2)20(14)25-22-19(24)21-17(11-12-28-21)23(26-22)29-13-16-7-5-4-6-8-16/h4-12H,13H2,1-3H3,(H,25,26). The van der Waals surface area contributed by atoms with Crippen molar-refractivity contribution in [2.75, 3.05) is 12.4 Å². The fourth-order valence-corrected chi connectivity index (χ4v) is 3.74. The number of nitrogens with one attached hydrogen (secondary N) is 1. The van der Waals surface area contributed by atoms with Crippen molar-refractivity contribution >= 4 is 38.4 Å². The maximum atomic E-state index is 6.05. The Labute approximate surface area is 177 Å². The summed E-state index contributed by atoms with van der Waals surface area (Å²) < 4.78 is 17.9. The summed E-state index contributed by atoms with van der Waals surface area (Å²) in [4.78, 5) is 4.74. The van der Waals surface area contributed by atoms with Gasteiger partial charge in [0.2, 0.25) is 5.88 Å². The molecule has 0 spiro atoms. The van der Waals surface area contributed by atoms with Crippen molar-refractivity contribution in [3.63, 3.8) is 0 Å². The molecule has 4 rings (SSSR count). The van der Waals surface area contributed by atoms with Crippen LogP contribution in [0.5, 0.6) is 11.6 Å². The smallest absolute Gasteiger partial charge is 0.227 e. The van der Waals surface area contributed by atoms with Gasteiger partial charge in [-0.15, -0.1) is 0 Å². The van der Waals surface area contributed by atoms with Gasteiger partial charge in [0.15, 0.2) is 11.4 Å². The summed E-state index contributed by atoms with van der Waals surface area (Å²) in [7, 11) is 1.67. The quantitative estimate of drug-likeness (QED) is 0.359. The molecular formula is C23H21BrN2O3. The first kappa shape index (κ1) is 19.3. The summed E-state index contributed by atoms with van der Waals surface area (Å²) in [6, 6.07) is 15.8. The monoisotopic (exact) mass is 452 g/mol. The zero-order valence-corrected chi connectivity index (χ0v) is 18.0. The second-order valence-corrected chi connectivity index (χ2v) is 7.52. The Morgan fingerprint density at radius 2 is 1.86 bits per heavy atom. The van der Waals surface area contributed by atoms with Crippen molar-refractivity contribution in [3.8, 4) is 11.6 Å². The van der Waals surface area contributed by atoms with E-state index < -0.39 is 0 Å². The summed E-state index contributed by atoms with van der Waals surface area (Å²) in [5, 5.41) is 4.24. The average molecular weight is 453 g/mol. The SMILES string of the molecule is COc1ccc(C)c(Nc2nc(OCc3ccccc3)c3ccoc3c2Br)c1C. The number of furan rings is 1. The van der Waals surface area contributed by atoms with E-state index in [-0.39, 0.29) is 0 Å². The lowest BCUT2D eigenvalue weighted by atomic mass is 10.1. The van der Waals surface area contributed by atoms with Crippen molar-refractivity contribution in [1.29, 1.82) is 0 Å². The molecular weight excluding hydrogens is 432 g/mol. The summed E-state index contributed by atoms with van der Waals surface area (Å²) in [5.41, 5.74) is 4.79. The topological polar surface area (TPSA) is 56.5 Å². The molecule has 2 aromatic heterocycles. The Morgan fingerprint density at radius 1 is 1.07 bits per heavy atom. The number of nitrogens with zero attached hydrogens (tertiary/aromatic N) is 1. The van der Waals surface area contributed by atoms with Gasteiger partial charge in [-0.3, -0.25) is 0 Å². The molecule has 0 saturated heterocycles. The van der Waals surface area contributed by atoms with E-state index in [1.165, 1.54) is 0 Å². The van der Waals surface area contributed by atoms with Crippen LogP contribution in [-0.4, -0.2) is 12.1 Å². The average Bonchev–Trinajstić information content (AvgIpc) is 3.23. The van der Waals surface area contributed by atoms with Gasteiger partial charge >= 0.3 is 0 Å². The van der Waals surface area contributed by atoms with E-state index in [0.717, 1.165) is 38.0 Å². The highest BCUT2D eigenvalue weighted by atomic mass is 79.9. The minimum Gasteiger partial charge on any atom is -0.496 e.